The van der Waals surface area contributed by atoms with Crippen molar-refractivity contribution in [2.45, 2.75) is 39.5 Å². The average molecular weight is 505 g/mol. The van der Waals surface area contributed by atoms with Crippen molar-refractivity contribution in [1.29, 1.82) is 0 Å². The molecular formula is C28H25FN2O6. The van der Waals surface area contributed by atoms with E-state index in [-0.39, 0.29) is 45.3 Å². The molecule has 0 unspecified atom stereocenters. The van der Waals surface area contributed by atoms with Gasteiger partial charge in [0.2, 0.25) is 0 Å². The van der Waals surface area contributed by atoms with Crippen molar-refractivity contribution in [3.63, 3.8) is 0 Å². The standard InChI is InChI=1S/C28H25FN2O6/c1-12-24(34)22(14(3)32)26-23(25(12)35)28(4)20(37-26)10-19(33)21(27(28)36)13(2)30-8-7-15-11-31-18-6-5-16(29)9-17(15)18/h5-6,9-11,30-31,34-35H,7-8H2,1-4H3/b21-13+/t28-/m1/s1. The Hall–Kier alpha value is -4.40. The summed E-state index contributed by atoms with van der Waals surface area (Å²) in [5.41, 5.74) is 0.291. The fraction of sp³-hybridized carbons (Fsp3) is 0.250. The van der Waals surface area contributed by atoms with Gasteiger partial charge in [0.05, 0.1) is 11.1 Å². The van der Waals surface area contributed by atoms with Gasteiger partial charge in [-0.3, -0.25) is 14.4 Å². The molecule has 8 nitrogen and oxygen atoms in total. The monoisotopic (exact) mass is 504 g/mol. The molecule has 0 amide bonds. The number of allylic oxidation sites excluding steroid dienone is 4. The minimum atomic E-state index is -1.57. The lowest BCUT2D eigenvalue weighted by atomic mass is 9.70. The first-order valence-electron chi connectivity index (χ1n) is 11.8. The molecule has 1 aliphatic heterocycles. The second-order valence-electron chi connectivity index (χ2n) is 9.57. The van der Waals surface area contributed by atoms with Gasteiger partial charge in [0.25, 0.3) is 0 Å². The normalized spacial score (nSPS) is 19.9. The first-order chi connectivity index (χ1) is 17.5. The van der Waals surface area contributed by atoms with Gasteiger partial charge in [-0.25, -0.2) is 4.39 Å². The summed E-state index contributed by atoms with van der Waals surface area (Å²) in [6.07, 6.45) is 3.48. The first-order valence-corrected chi connectivity index (χ1v) is 11.8. The lowest BCUT2D eigenvalue weighted by Gasteiger charge is -2.29. The highest BCUT2D eigenvalue weighted by Crippen LogP contribution is 2.57. The molecule has 2 aromatic carbocycles. The van der Waals surface area contributed by atoms with Crippen LogP contribution in [0.2, 0.25) is 0 Å². The van der Waals surface area contributed by atoms with Crippen LogP contribution >= 0.6 is 0 Å². The summed E-state index contributed by atoms with van der Waals surface area (Å²) >= 11 is 0. The Morgan fingerprint density at radius 3 is 2.62 bits per heavy atom. The van der Waals surface area contributed by atoms with Gasteiger partial charge >= 0.3 is 0 Å². The Bertz CT molecular complexity index is 1610. The van der Waals surface area contributed by atoms with Crippen LogP contribution in [0.15, 0.2) is 47.5 Å². The van der Waals surface area contributed by atoms with E-state index in [1.807, 2.05) is 0 Å². The minimum absolute atomic E-state index is 0.0160. The SMILES string of the molecule is CC(=O)c1c(O)c(C)c(O)c2c1OC1=CC(=O)/C(=C(/C)NCCc3c[nH]c4ccc(F)cc34)C(=O)[C@]12C. The van der Waals surface area contributed by atoms with Crippen LogP contribution in [-0.2, 0) is 21.4 Å². The van der Waals surface area contributed by atoms with Crippen LogP contribution in [0, 0.1) is 12.7 Å². The van der Waals surface area contributed by atoms with Crippen molar-refractivity contribution >= 4 is 28.3 Å². The molecular weight excluding hydrogens is 479 g/mol. The van der Waals surface area contributed by atoms with Crippen LogP contribution in [-0.4, -0.2) is 39.1 Å². The van der Waals surface area contributed by atoms with E-state index >= 15 is 0 Å². The van der Waals surface area contributed by atoms with Crippen molar-refractivity contribution in [3.05, 3.63) is 75.6 Å². The highest BCUT2D eigenvalue weighted by molar-refractivity contribution is 6.31. The quantitative estimate of drug-likeness (QED) is 0.235. The number of aromatic hydroxyl groups is 2. The summed E-state index contributed by atoms with van der Waals surface area (Å²) in [4.78, 5) is 42.2. The van der Waals surface area contributed by atoms with Gasteiger partial charge in [-0.05, 0) is 57.9 Å². The van der Waals surface area contributed by atoms with Crippen LogP contribution in [0.5, 0.6) is 17.2 Å². The van der Waals surface area contributed by atoms with Crippen molar-refractivity contribution in [2.75, 3.05) is 6.54 Å². The summed E-state index contributed by atoms with van der Waals surface area (Å²) in [5.74, 6) is -2.97. The minimum Gasteiger partial charge on any atom is -0.507 e. The predicted octanol–water partition coefficient (Wildman–Crippen LogP) is 4.02. The Balaban J connectivity index is 1.50. The van der Waals surface area contributed by atoms with E-state index in [9.17, 15) is 29.0 Å². The van der Waals surface area contributed by atoms with Crippen molar-refractivity contribution in [2.24, 2.45) is 0 Å². The predicted molar refractivity (Wildman–Crippen MR) is 133 cm³/mol. The lowest BCUT2D eigenvalue weighted by Crippen LogP contribution is -2.41. The summed E-state index contributed by atoms with van der Waals surface area (Å²) in [7, 11) is 0. The molecule has 37 heavy (non-hydrogen) atoms. The number of hydrogen-bond donors (Lipinski definition) is 4. The molecule has 2 heterocycles. The second kappa shape index (κ2) is 8.33. The fourth-order valence-corrected chi connectivity index (χ4v) is 5.19. The third-order valence-corrected chi connectivity index (χ3v) is 7.27. The number of carbonyl (C=O) groups is 3. The molecule has 4 N–H and O–H groups in total. The first kappa shape index (κ1) is 24.3. The maximum absolute atomic E-state index is 13.8. The molecule has 2 aliphatic rings. The molecule has 0 fully saturated rings. The van der Waals surface area contributed by atoms with E-state index in [0.29, 0.717) is 18.7 Å². The van der Waals surface area contributed by atoms with E-state index < -0.39 is 28.5 Å². The smallest absolute Gasteiger partial charge is 0.194 e. The number of Topliss-reactive ketones (excluding diaryl/α,β-unsaturated/α-hetero) is 2. The summed E-state index contributed by atoms with van der Waals surface area (Å²) in [6.45, 7) is 6.17. The molecule has 9 heteroatoms. The zero-order chi connectivity index (χ0) is 26.8. The Morgan fingerprint density at radius 1 is 1.19 bits per heavy atom. The van der Waals surface area contributed by atoms with Crippen molar-refractivity contribution in [3.8, 4) is 17.2 Å². The summed E-state index contributed by atoms with van der Waals surface area (Å²) in [5, 5.41) is 25.2. The number of nitrogens with one attached hydrogen (secondary N) is 2. The molecule has 3 aromatic rings. The highest BCUT2D eigenvalue weighted by atomic mass is 19.1. The molecule has 0 radical (unpaired) electrons. The van der Waals surface area contributed by atoms with E-state index in [4.69, 9.17) is 4.74 Å². The third kappa shape index (κ3) is 3.45. The van der Waals surface area contributed by atoms with E-state index in [1.165, 1.54) is 39.0 Å². The number of H-pyrrole nitrogens is 1. The number of aromatic nitrogens is 1. The van der Waals surface area contributed by atoms with Crippen LogP contribution < -0.4 is 10.1 Å². The number of aromatic amines is 1. The van der Waals surface area contributed by atoms with Gasteiger partial charge in [-0.15, -0.1) is 0 Å². The van der Waals surface area contributed by atoms with Gasteiger partial charge < -0.3 is 25.3 Å². The highest BCUT2D eigenvalue weighted by Gasteiger charge is 2.56. The van der Waals surface area contributed by atoms with Gasteiger partial charge in [-0.1, -0.05) is 0 Å². The molecule has 5 rings (SSSR count). The van der Waals surface area contributed by atoms with Crippen LogP contribution in [0.4, 0.5) is 4.39 Å². The lowest BCUT2D eigenvalue weighted by molar-refractivity contribution is -0.123. The molecule has 0 bridgehead atoms. The zero-order valence-corrected chi connectivity index (χ0v) is 20.7. The third-order valence-electron chi connectivity index (χ3n) is 7.27. The number of phenols is 2. The summed E-state index contributed by atoms with van der Waals surface area (Å²) < 4.78 is 19.5. The average Bonchev–Trinajstić information content (AvgIpc) is 3.36. The fourth-order valence-electron chi connectivity index (χ4n) is 5.19. The number of ketones is 3. The molecule has 0 spiro atoms. The topological polar surface area (TPSA) is 129 Å². The number of phenolic OH excluding ortho intramolecular Hbond substituents is 2. The molecule has 1 aliphatic carbocycles. The van der Waals surface area contributed by atoms with E-state index in [0.717, 1.165) is 16.5 Å². The number of hydrogen-bond acceptors (Lipinski definition) is 7. The van der Waals surface area contributed by atoms with Gasteiger partial charge in [0.15, 0.2) is 17.3 Å². The molecule has 0 saturated heterocycles. The number of carbonyl (C=O) groups excluding carboxylic acids is 3. The Labute approximate surface area is 211 Å². The zero-order valence-electron chi connectivity index (χ0n) is 20.7. The van der Waals surface area contributed by atoms with Crippen LogP contribution in [0.3, 0.4) is 0 Å². The molecule has 0 saturated carbocycles. The van der Waals surface area contributed by atoms with Gasteiger partial charge in [0, 0.05) is 41.0 Å². The summed E-state index contributed by atoms with van der Waals surface area (Å²) in [6, 6.07) is 4.49. The number of fused-ring (bicyclic) bond motifs is 4. The van der Waals surface area contributed by atoms with Crippen molar-refractivity contribution < 1.29 is 33.7 Å². The molecule has 190 valence electrons. The number of rotatable bonds is 5. The molecule has 1 aromatic heterocycles. The van der Waals surface area contributed by atoms with E-state index in [2.05, 4.69) is 10.3 Å². The Kier molecular flexibility index (Phi) is 5.47. The number of halogens is 1. The number of benzene rings is 2. The van der Waals surface area contributed by atoms with Gasteiger partial charge in [-0.2, -0.15) is 0 Å². The largest absolute Gasteiger partial charge is 0.507 e. The number of ether oxygens (including phenoxy) is 1. The van der Waals surface area contributed by atoms with Gasteiger partial charge in [0.1, 0.15) is 39.8 Å². The van der Waals surface area contributed by atoms with Crippen molar-refractivity contribution in [1.82, 2.24) is 10.3 Å². The Morgan fingerprint density at radius 2 is 1.92 bits per heavy atom. The van der Waals surface area contributed by atoms with Crippen LogP contribution in [0.25, 0.3) is 10.9 Å². The maximum atomic E-state index is 13.8. The second-order valence-corrected chi connectivity index (χ2v) is 9.57. The molecule has 1 atom stereocenters. The van der Waals surface area contributed by atoms with Crippen LogP contribution in [0.1, 0.15) is 47.8 Å². The van der Waals surface area contributed by atoms with E-state index in [1.54, 1.807) is 19.2 Å². The maximum Gasteiger partial charge on any atom is 0.194 e.